The molecule has 0 unspecified atom stereocenters. The van der Waals surface area contributed by atoms with Gasteiger partial charge in [0.2, 0.25) is 10.0 Å². The molecule has 0 saturated carbocycles. The fourth-order valence-electron chi connectivity index (χ4n) is 3.81. The molecule has 1 aromatic heterocycles. The van der Waals surface area contributed by atoms with E-state index in [4.69, 9.17) is 27.9 Å². The average molecular weight is 587 g/mol. The molecule has 3 aromatic rings. The molecule has 202 valence electrons. The number of ether oxygens (including phenoxy) is 1. The molecule has 11 heteroatoms. The van der Waals surface area contributed by atoms with E-state index in [0.717, 1.165) is 35.9 Å². The lowest BCUT2D eigenvalue weighted by Gasteiger charge is -2.22. The fourth-order valence-corrected chi connectivity index (χ4v) is 7.17. The number of benzene rings is 2. The number of thiazole rings is 1. The predicted molar refractivity (Wildman–Crippen MR) is 151 cm³/mol. The number of carbonyl (C=O) groups is 1. The summed E-state index contributed by atoms with van der Waals surface area (Å²) in [5.74, 6) is -0.475. The van der Waals surface area contributed by atoms with Crippen LogP contribution in [0.3, 0.4) is 0 Å². The van der Waals surface area contributed by atoms with Gasteiger partial charge in [0.1, 0.15) is 0 Å². The third-order valence-electron chi connectivity index (χ3n) is 5.82. The highest BCUT2D eigenvalue weighted by Crippen LogP contribution is 2.30. The zero-order chi connectivity index (χ0) is 27.0. The van der Waals surface area contributed by atoms with Crippen LogP contribution in [0.15, 0.2) is 46.3 Å². The minimum Gasteiger partial charge on any atom is -0.380 e. The second kappa shape index (κ2) is 13.9. The maximum atomic E-state index is 13.2. The molecule has 0 spiro atoms. The predicted octanol–water partition coefficient (Wildman–Crippen LogP) is 6.38. The van der Waals surface area contributed by atoms with E-state index in [-0.39, 0.29) is 4.90 Å². The number of rotatable bonds is 13. The van der Waals surface area contributed by atoms with Crippen molar-refractivity contribution in [3.05, 3.63) is 56.8 Å². The number of carbonyl (C=O) groups excluding carboxylic acids is 1. The van der Waals surface area contributed by atoms with Crippen LogP contribution in [0, 0.1) is 0 Å². The summed E-state index contributed by atoms with van der Waals surface area (Å²) in [7, 11) is -3.64. The van der Waals surface area contributed by atoms with Crippen molar-refractivity contribution in [2.75, 3.05) is 26.3 Å². The van der Waals surface area contributed by atoms with Crippen molar-refractivity contribution in [1.29, 1.82) is 0 Å². The lowest BCUT2D eigenvalue weighted by Crippen LogP contribution is -2.33. The van der Waals surface area contributed by atoms with Crippen LogP contribution in [0.5, 0.6) is 0 Å². The van der Waals surface area contributed by atoms with Crippen molar-refractivity contribution in [3.8, 4) is 0 Å². The summed E-state index contributed by atoms with van der Waals surface area (Å²) < 4.78 is 36.2. The van der Waals surface area contributed by atoms with Gasteiger partial charge in [-0.05, 0) is 56.2 Å². The highest BCUT2D eigenvalue weighted by molar-refractivity contribution is 7.89. The van der Waals surface area contributed by atoms with Gasteiger partial charge < -0.3 is 9.30 Å². The second-order valence-electron chi connectivity index (χ2n) is 8.52. The van der Waals surface area contributed by atoms with Gasteiger partial charge in [0.15, 0.2) is 4.80 Å². The van der Waals surface area contributed by atoms with Gasteiger partial charge in [0.05, 0.1) is 26.7 Å². The van der Waals surface area contributed by atoms with Crippen molar-refractivity contribution in [2.45, 2.75) is 57.9 Å². The third-order valence-corrected chi connectivity index (χ3v) is 9.26. The Labute approximate surface area is 232 Å². The van der Waals surface area contributed by atoms with Crippen LogP contribution in [0.25, 0.3) is 10.2 Å². The molecule has 37 heavy (non-hydrogen) atoms. The zero-order valence-corrected chi connectivity index (χ0v) is 24.5. The van der Waals surface area contributed by atoms with E-state index in [1.807, 2.05) is 25.3 Å². The lowest BCUT2D eigenvalue weighted by atomic mass is 10.2. The number of halogens is 2. The molecule has 3 rings (SSSR count). The Balaban J connectivity index is 1.94. The molecule has 0 fully saturated rings. The monoisotopic (exact) mass is 585 g/mol. The number of nitrogens with zero attached hydrogens (tertiary/aromatic N) is 3. The number of unbranched alkanes of at least 4 members (excludes halogenated alkanes) is 2. The van der Waals surface area contributed by atoms with E-state index in [1.165, 1.54) is 39.9 Å². The van der Waals surface area contributed by atoms with Crippen molar-refractivity contribution >= 4 is 60.7 Å². The number of hydrogen-bond donors (Lipinski definition) is 0. The summed E-state index contributed by atoms with van der Waals surface area (Å²) in [6.07, 6.45) is 3.41. The number of fused-ring (bicyclic) bond motifs is 1. The van der Waals surface area contributed by atoms with E-state index in [2.05, 4.69) is 4.99 Å². The first-order chi connectivity index (χ1) is 17.7. The first-order valence-corrected chi connectivity index (χ1v) is 15.5. The van der Waals surface area contributed by atoms with E-state index in [0.29, 0.717) is 53.3 Å². The van der Waals surface area contributed by atoms with Gasteiger partial charge in [-0.3, -0.25) is 4.79 Å². The molecule has 0 bridgehead atoms. The number of aromatic nitrogens is 1. The summed E-state index contributed by atoms with van der Waals surface area (Å²) in [5.41, 5.74) is 1.04. The molecule has 2 aromatic carbocycles. The summed E-state index contributed by atoms with van der Waals surface area (Å²) in [4.78, 5) is 18.1. The zero-order valence-electron chi connectivity index (χ0n) is 21.4. The third kappa shape index (κ3) is 7.43. The molecule has 0 aliphatic carbocycles. The fraction of sp³-hybridized carbons (Fsp3) is 0.462. The highest BCUT2D eigenvalue weighted by atomic mass is 35.5. The highest BCUT2D eigenvalue weighted by Gasteiger charge is 2.24. The summed E-state index contributed by atoms with van der Waals surface area (Å²) >= 11 is 14.0. The average Bonchev–Trinajstić information content (AvgIpc) is 3.21. The number of amides is 1. The first-order valence-electron chi connectivity index (χ1n) is 12.5. The molecule has 7 nitrogen and oxygen atoms in total. The van der Waals surface area contributed by atoms with Gasteiger partial charge in [0.25, 0.3) is 5.91 Å². The standard InChI is InChI=1S/C26H33Cl2N3O4S2/c1-4-7-13-30(14-8-5-2)37(33,34)21-11-9-19(10-12-21)25(32)29-26-31(15-16-35-6-3)24-22(28)17-20(27)18-23(24)36-26/h9-12,17-18H,4-8,13-16H2,1-3H3. The van der Waals surface area contributed by atoms with Crippen molar-refractivity contribution in [2.24, 2.45) is 4.99 Å². The lowest BCUT2D eigenvalue weighted by molar-refractivity contribution is 0.0996. The van der Waals surface area contributed by atoms with Crippen LogP contribution >= 0.6 is 34.5 Å². The van der Waals surface area contributed by atoms with Gasteiger partial charge in [-0.15, -0.1) is 0 Å². The molecule has 0 saturated heterocycles. The maximum Gasteiger partial charge on any atom is 0.279 e. The Bertz CT molecular complexity index is 1380. The van der Waals surface area contributed by atoms with Crippen LogP contribution in [-0.4, -0.2) is 49.5 Å². The Morgan fingerprint density at radius 1 is 1.05 bits per heavy atom. The van der Waals surface area contributed by atoms with E-state index in [1.54, 1.807) is 12.1 Å². The molecule has 0 radical (unpaired) electrons. The molecule has 0 aliphatic heterocycles. The van der Waals surface area contributed by atoms with E-state index < -0.39 is 15.9 Å². The minimum atomic E-state index is -3.64. The molecule has 1 heterocycles. The Hall–Kier alpha value is -1.75. The Kier molecular flexibility index (Phi) is 11.2. The minimum absolute atomic E-state index is 0.173. The molecule has 0 N–H and O–H groups in total. The topological polar surface area (TPSA) is 81.0 Å². The molecule has 1 amide bonds. The van der Waals surface area contributed by atoms with E-state index in [9.17, 15) is 13.2 Å². The molecule has 0 aliphatic rings. The summed E-state index contributed by atoms with van der Waals surface area (Å²) in [5, 5.41) is 0.965. The first kappa shape index (κ1) is 29.8. The molecular weight excluding hydrogens is 553 g/mol. The van der Waals surface area contributed by atoms with Gasteiger partial charge >= 0.3 is 0 Å². The normalized spacial score (nSPS) is 12.6. The van der Waals surface area contributed by atoms with Gasteiger partial charge in [0, 0.05) is 36.8 Å². The van der Waals surface area contributed by atoms with Crippen molar-refractivity contribution < 1.29 is 17.9 Å². The van der Waals surface area contributed by atoms with Crippen molar-refractivity contribution in [3.63, 3.8) is 0 Å². The van der Waals surface area contributed by atoms with E-state index >= 15 is 0 Å². The van der Waals surface area contributed by atoms with Gasteiger partial charge in [-0.2, -0.15) is 9.30 Å². The largest absolute Gasteiger partial charge is 0.380 e. The SMILES string of the molecule is CCCCN(CCCC)S(=O)(=O)c1ccc(C(=O)N=c2sc3cc(Cl)cc(Cl)c3n2CCOCC)cc1. The van der Waals surface area contributed by atoms with Gasteiger partial charge in [-0.1, -0.05) is 61.2 Å². The quantitative estimate of drug-likeness (QED) is 0.218. The van der Waals surface area contributed by atoms with Crippen molar-refractivity contribution in [1.82, 2.24) is 8.87 Å². The van der Waals surface area contributed by atoms with Gasteiger partial charge in [-0.25, -0.2) is 8.42 Å². The van der Waals surface area contributed by atoms with Crippen LogP contribution in [-0.2, 0) is 21.3 Å². The Morgan fingerprint density at radius 3 is 2.30 bits per heavy atom. The van der Waals surface area contributed by atoms with Crippen LogP contribution in [0.2, 0.25) is 10.0 Å². The number of sulfonamides is 1. The van der Waals surface area contributed by atoms with Crippen LogP contribution in [0.1, 0.15) is 56.8 Å². The van der Waals surface area contributed by atoms with Crippen LogP contribution in [0.4, 0.5) is 0 Å². The Morgan fingerprint density at radius 2 is 1.70 bits per heavy atom. The summed E-state index contributed by atoms with van der Waals surface area (Å²) in [6.45, 7) is 8.41. The molecular formula is C26H33Cl2N3O4S2. The molecule has 0 atom stereocenters. The maximum absolute atomic E-state index is 13.2. The van der Waals surface area contributed by atoms with Crippen LogP contribution < -0.4 is 4.80 Å². The smallest absolute Gasteiger partial charge is 0.279 e. The number of hydrogen-bond acceptors (Lipinski definition) is 5. The summed E-state index contributed by atoms with van der Waals surface area (Å²) in [6, 6.07) is 9.43. The second-order valence-corrected chi connectivity index (χ2v) is 12.3.